The first-order chi connectivity index (χ1) is 35.5. The minimum absolute atomic E-state index is 0.00714. The van der Waals surface area contributed by atoms with Crippen LogP contribution in [0.4, 0.5) is 0 Å². The predicted octanol–water partition coefficient (Wildman–Crippen LogP) is 20.6. The van der Waals surface area contributed by atoms with Gasteiger partial charge in [0.05, 0.1) is 25.4 Å². The van der Waals surface area contributed by atoms with E-state index in [0.29, 0.717) is 25.9 Å². The van der Waals surface area contributed by atoms with Crippen LogP contribution in [0, 0.1) is 0 Å². The second kappa shape index (κ2) is 61.9. The van der Waals surface area contributed by atoms with E-state index in [0.717, 1.165) is 51.4 Å². The normalized spacial score (nSPS) is 12.7. The molecule has 1 amide bonds. The fraction of sp³-hybridized carbons (Fsp3) is 0.909. The summed E-state index contributed by atoms with van der Waals surface area (Å²) >= 11 is 0. The Balaban J connectivity index is 3.41. The van der Waals surface area contributed by atoms with Crippen molar-refractivity contribution < 1.29 is 24.5 Å². The molecule has 0 saturated heterocycles. The largest absolute Gasteiger partial charge is 0.466 e. The van der Waals surface area contributed by atoms with Gasteiger partial charge in [-0.05, 0) is 51.4 Å². The minimum atomic E-state index is -0.669. The van der Waals surface area contributed by atoms with Gasteiger partial charge in [0.2, 0.25) is 5.91 Å². The van der Waals surface area contributed by atoms with Crippen LogP contribution < -0.4 is 5.32 Å². The summed E-state index contributed by atoms with van der Waals surface area (Å²) in [5, 5.41) is 23.4. The molecule has 6 heteroatoms. The Morgan fingerprint density at radius 1 is 0.389 bits per heavy atom. The van der Waals surface area contributed by atoms with Crippen LogP contribution in [-0.4, -0.2) is 47.4 Å². The molecule has 0 radical (unpaired) electrons. The van der Waals surface area contributed by atoms with E-state index in [1.54, 1.807) is 0 Å². The molecule has 0 fully saturated rings. The van der Waals surface area contributed by atoms with Crippen LogP contribution in [0.2, 0.25) is 0 Å². The maximum absolute atomic E-state index is 12.5. The molecule has 2 unspecified atom stereocenters. The molecule has 72 heavy (non-hydrogen) atoms. The van der Waals surface area contributed by atoms with E-state index in [1.165, 1.54) is 276 Å². The number of nitrogens with one attached hydrogen (secondary N) is 1. The molecule has 2 atom stereocenters. The molecule has 3 N–H and O–H groups in total. The third kappa shape index (κ3) is 57.6. The zero-order valence-corrected chi connectivity index (χ0v) is 48.7. The molecule has 0 aromatic carbocycles. The number of hydrogen-bond acceptors (Lipinski definition) is 5. The summed E-state index contributed by atoms with van der Waals surface area (Å²) < 4.78 is 5.47. The van der Waals surface area contributed by atoms with Gasteiger partial charge in [0.25, 0.3) is 0 Å². The number of rotatable bonds is 61. The number of aliphatic hydroxyl groups excluding tert-OH is 2. The van der Waals surface area contributed by atoms with Crippen LogP contribution in [0.1, 0.15) is 361 Å². The first-order valence-corrected chi connectivity index (χ1v) is 32.6. The minimum Gasteiger partial charge on any atom is -0.466 e. The lowest BCUT2D eigenvalue weighted by atomic mass is 10.0. The van der Waals surface area contributed by atoms with Crippen LogP contribution in [0.5, 0.6) is 0 Å². The second-order valence-corrected chi connectivity index (χ2v) is 22.5. The van der Waals surface area contributed by atoms with Gasteiger partial charge in [-0.3, -0.25) is 9.59 Å². The number of carbonyl (C=O) groups is 2. The highest BCUT2D eigenvalue weighted by Crippen LogP contribution is 2.19. The van der Waals surface area contributed by atoms with Crippen LogP contribution in [0.15, 0.2) is 24.3 Å². The average molecular weight is 1010 g/mol. The van der Waals surface area contributed by atoms with Gasteiger partial charge in [-0.1, -0.05) is 321 Å². The van der Waals surface area contributed by atoms with E-state index in [1.807, 2.05) is 0 Å². The molecular weight excluding hydrogens is 887 g/mol. The quantitative estimate of drug-likeness (QED) is 0.0320. The van der Waals surface area contributed by atoms with Gasteiger partial charge in [-0.25, -0.2) is 0 Å². The summed E-state index contributed by atoms with van der Waals surface area (Å²) in [6, 6.07) is -0.546. The lowest BCUT2D eigenvalue weighted by Crippen LogP contribution is -2.45. The van der Waals surface area contributed by atoms with Gasteiger partial charge in [-0.15, -0.1) is 0 Å². The van der Waals surface area contributed by atoms with Crippen molar-refractivity contribution in [1.29, 1.82) is 0 Å². The molecule has 0 spiro atoms. The second-order valence-electron chi connectivity index (χ2n) is 22.5. The van der Waals surface area contributed by atoms with Crippen molar-refractivity contribution in [2.45, 2.75) is 373 Å². The summed E-state index contributed by atoms with van der Waals surface area (Å²) in [6.07, 6.45) is 76.2. The van der Waals surface area contributed by atoms with Crippen LogP contribution >= 0.6 is 0 Å². The van der Waals surface area contributed by atoms with E-state index in [2.05, 4.69) is 43.5 Å². The van der Waals surface area contributed by atoms with Crippen molar-refractivity contribution in [3.8, 4) is 0 Å². The molecule has 0 bridgehead atoms. The Kier molecular flexibility index (Phi) is 60.5. The van der Waals surface area contributed by atoms with E-state index in [9.17, 15) is 19.8 Å². The summed E-state index contributed by atoms with van der Waals surface area (Å²) in [4.78, 5) is 24.6. The van der Waals surface area contributed by atoms with Crippen molar-refractivity contribution in [2.24, 2.45) is 0 Å². The number of unbranched alkanes of at least 4 members (excludes halogenated alkanes) is 46. The van der Waals surface area contributed by atoms with Gasteiger partial charge < -0.3 is 20.3 Å². The third-order valence-electron chi connectivity index (χ3n) is 15.2. The lowest BCUT2D eigenvalue weighted by molar-refractivity contribution is -0.143. The zero-order valence-electron chi connectivity index (χ0n) is 48.7. The van der Waals surface area contributed by atoms with Crippen molar-refractivity contribution in [2.75, 3.05) is 13.2 Å². The standard InChI is InChI=1S/C66H127NO5/c1-3-5-7-9-11-13-15-17-18-19-20-21-22-23-24-25-28-31-35-38-42-46-50-54-58-64(69)63(62-68)67-65(70)59-55-51-47-43-39-36-32-29-26-27-30-33-37-41-45-49-53-57-61-72-66(71)60-56-52-48-44-40-34-16-14-12-10-8-6-4-2/h8,10,14,16,63-64,68-69H,3-7,9,11-13,15,17-62H2,1-2H3,(H,67,70)/b10-8-,16-14-. The van der Waals surface area contributed by atoms with Crippen LogP contribution in [0.3, 0.4) is 0 Å². The van der Waals surface area contributed by atoms with E-state index < -0.39 is 12.1 Å². The number of carbonyl (C=O) groups excluding carboxylic acids is 2. The van der Waals surface area contributed by atoms with Crippen LogP contribution in [0.25, 0.3) is 0 Å². The monoisotopic (exact) mass is 1010 g/mol. The van der Waals surface area contributed by atoms with Gasteiger partial charge in [0.15, 0.2) is 0 Å². The highest BCUT2D eigenvalue weighted by Gasteiger charge is 2.20. The maximum atomic E-state index is 12.5. The van der Waals surface area contributed by atoms with Crippen molar-refractivity contribution in [3.05, 3.63) is 24.3 Å². The molecule has 0 saturated carbocycles. The van der Waals surface area contributed by atoms with Crippen molar-refractivity contribution in [3.63, 3.8) is 0 Å². The molecule has 426 valence electrons. The first-order valence-electron chi connectivity index (χ1n) is 32.6. The number of amides is 1. The summed E-state index contributed by atoms with van der Waals surface area (Å²) in [5.74, 6) is -0.0424. The number of ether oxygens (including phenoxy) is 1. The van der Waals surface area contributed by atoms with Gasteiger partial charge in [0.1, 0.15) is 0 Å². The van der Waals surface area contributed by atoms with Crippen molar-refractivity contribution >= 4 is 11.9 Å². The van der Waals surface area contributed by atoms with E-state index in [4.69, 9.17) is 4.74 Å². The smallest absolute Gasteiger partial charge is 0.305 e. The number of hydrogen-bond donors (Lipinski definition) is 3. The molecule has 6 nitrogen and oxygen atoms in total. The number of aliphatic hydroxyl groups is 2. The molecule has 0 aliphatic rings. The Morgan fingerprint density at radius 3 is 1.11 bits per heavy atom. The zero-order chi connectivity index (χ0) is 52.2. The Labute approximate surface area is 450 Å². The topological polar surface area (TPSA) is 95.9 Å². The Morgan fingerprint density at radius 2 is 0.722 bits per heavy atom. The average Bonchev–Trinajstić information content (AvgIpc) is 3.38. The predicted molar refractivity (Wildman–Crippen MR) is 315 cm³/mol. The molecule has 0 aromatic rings. The molecule has 0 rings (SSSR count). The molecule has 0 aliphatic carbocycles. The van der Waals surface area contributed by atoms with Gasteiger partial charge in [-0.2, -0.15) is 0 Å². The summed E-state index contributed by atoms with van der Waals surface area (Å²) in [6.45, 7) is 4.90. The number of esters is 1. The Hall–Kier alpha value is -1.66. The van der Waals surface area contributed by atoms with Crippen LogP contribution in [-0.2, 0) is 14.3 Å². The molecule has 0 aromatic heterocycles. The molecular formula is C66H127NO5. The highest BCUT2D eigenvalue weighted by molar-refractivity contribution is 5.76. The molecule has 0 heterocycles. The first kappa shape index (κ1) is 70.3. The fourth-order valence-electron chi connectivity index (χ4n) is 10.3. The van der Waals surface area contributed by atoms with Gasteiger partial charge >= 0.3 is 5.97 Å². The van der Waals surface area contributed by atoms with E-state index >= 15 is 0 Å². The van der Waals surface area contributed by atoms with Crippen molar-refractivity contribution in [1.82, 2.24) is 5.32 Å². The molecule has 0 aliphatic heterocycles. The summed E-state index contributed by atoms with van der Waals surface area (Å²) in [5.41, 5.74) is 0. The third-order valence-corrected chi connectivity index (χ3v) is 15.2. The fourth-order valence-corrected chi connectivity index (χ4v) is 10.3. The summed E-state index contributed by atoms with van der Waals surface area (Å²) in [7, 11) is 0. The lowest BCUT2D eigenvalue weighted by Gasteiger charge is -2.22. The van der Waals surface area contributed by atoms with E-state index in [-0.39, 0.29) is 18.5 Å². The number of allylic oxidation sites excluding steroid dienone is 4. The highest BCUT2D eigenvalue weighted by atomic mass is 16.5. The Bertz CT molecular complexity index is 1120. The SMILES string of the molecule is CCC/C=C\C/C=C\CCCCCCCC(=O)OCCCCCCCCCCCCCCCCCCCCC(=O)NC(CO)C(O)CCCCCCCCCCCCCCCCCCCCCCCCCC. The maximum Gasteiger partial charge on any atom is 0.305 e. The van der Waals surface area contributed by atoms with Gasteiger partial charge in [0, 0.05) is 12.8 Å².